The van der Waals surface area contributed by atoms with Crippen molar-refractivity contribution in [2.24, 2.45) is 11.3 Å². The normalized spacial score (nSPS) is 31.5. The Morgan fingerprint density at radius 3 is 2.92 bits per heavy atom. The maximum absolute atomic E-state index is 13.6. The van der Waals surface area contributed by atoms with Crippen LogP contribution >= 0.6 is 0 Å². The molecule has 0 radical (unpaired) electrons. The molecule has 1 aromatic carbocycles. The van der Waals surface area contributed by atoms with Gasteiger partial charge >= 0.3 is 0 Å². The van der Waals surface area contributed by atoms with Crippen LogP contribution in [0, 0.1) is 17.2 Å². The monoisotopic (exact) mass is 324 g/mol. The average Bonchev–Trinajstić information content (AvgIpc) is 3.27. The summed E-state index contributed by atoms with van der Waals surface area (Å²) in [6.45, 7) is 2.01. The number of nitrogens with zero attached hydrogens (tertiary/aromatic N) is 2. The van der Waals surface area contributed by atoms with E-state index in [2.05, 4.69) is 11.2 Å². The molecule has 1 N–H and O–H groups in total. The molecule has 2 saturated carbocycles. The molecule has 4 heteroatoms. The molecule has 2 aromatic rings. The van der Waals surface area contributed by atoms with Crippen LogP contribution in [0.5, 0.6) is 0 Å². The Morgan fingerprint density at radius 2 is 2.17 bits per heavy atom. The van der Waals surface area contributed by atoms with Crippen molar-refractivity contribution in [3.63, 3.8) is 0 Å². The largest absolute Gasteiger partial charge is 0.389 e. The van der Waals surface area contributed by atoms with Crippen LogP contribution in [-0.4, -0.2) is 20.5 Å². The third-order valence-electron chi connectivity index (χ3n) is 6.41. The van der Waals surface area contributed by atoms with Crippen LogP contribution in [0.2, 0.25) is 0 Å². The lowest BCUT2D eigenvalue weighted by Crippen LogP contribution is -2.46. The molecular formula is C20H21FN2O. The van der Waals surface area contributed by atoms with E-state index in [9.17, 15) is 9.50 Å². The molecule has 3 nitrogen and oxygen atoms in total. The third kappa shape index (κ3) is 1.78. The fourth-order valence-electron chi connectivity index (χ4n) is 5.06. The molecule has 0 bridgehead atoms. The zero-order valence-corrected chi connectivity index (χ0v) is 13.8. The first-order valence-electron chi connectivity index (χ1n) is 8.77. The van der Waals surface area contributed by atoms with E-state index in [0.717, 1.165) is 36.2 Å². The van der Waals surface area contributed by atoms with Crippen molar-refractivity contribution < 1.29 is 9.50 Å². The minimum absolute atomic E-state index is 0.115. The molecule has 0 saturated heterocycles. The number of halogens is 1. The van der Waals surface area contributed by atoms with Gasteiger partial charge in [0, 0.05) is 5.41 Å². The quantitative estimate of drug-likeness (QED) is 0.910. The molecule has 124 valence electrons. The Labute approximate surface area is 140 Å². The number of rotatable bonds is 2. The van der Waals surface area contributed by atoms with Crippen molar-refractivity contribution in [2.75, 3.05) is 0 Å². The SMILES string of the molecule is CC1(O)CCC2=Cc3c(cnn3-c3cccc(F)c3)CC21C1CC1. The van der Waals surface area contributed by atoms with Crippen molar-refractivity contribution >= 4 is 6.08 Å². The van der Waals surface area contributed by atoms with Gasteiger partial charge in [0.05, 0.1) is 23.2 Å². The van der Waals surface area contributed by atoms with Gasteiger partial charge < -0.3 is 5.11 Å². The second-order valence-corrected chi connectivity index (χ2v) is 7.81. The summed E-state index contributed by atoms with van der Waals surface area (Å²) in [6.07, 6.45) is 9.15. The van der Waals surface area contributed by atoms with E-state index >= 15 is 0 Å². The molecule has 2 unspecified atom stereocenters. The van der Waals surface area contributed by atoms with Crippen LogP contribution in [0.4, 0.5) is 4.39 Å². The Kier molecular flexibility index (Phi) is 2.74. The summed E-state index contributed by atoms with van der Waals surface area (Å²) in [5.74, 6) is 0.336. The molecule has 2 fully saturated rings. The van der Waals surface area contributed by atoms with Crippen LogP contribution in [0.3, 0.4) is 0 Å². The highest BCUT2D eigenvalue weighted by Gasteiger charge is 2.62. The second-order valence-electron chi connectivity index (χ2n) is 7.81. The van der Waals surface area contributed by atoms with Crippen LogP contribution < -0.4 is 0 Å². The highest BCUT2D eigenvalue weighted by Crippen LogP contribution is 2.65. The molecule has 2 atom stereocenters. The number of benzene rings is 1. The Balaban J connectivity index is 1.66. The first-order valence-corrected chi connectivity index (χ1v) is 8.77. The van der Waals surface area contributed by atoms with E-state index in [-0.39, 0.29) is 11.2 Å². The minimum Gasteiger partial charge on any atom is -0.389 e. The van der Waals surface area contributed by atoms with Gasteiger partial charge in [0.15, 0.2) is 0 Å². The number of fused-ring (bicyclic) bond motifs is 2. The molecule has 5 rings (SSSR count). The number of aromatic nitrogens is 2. The van der Waals surface area contributed by atoms with Gasteiger partial charge in [-0.25, -0.2) is 9.07 Å². The average molecular weight is 324 g/mol. The van der Waals surface area contributed by atoms with E-state index < -0.39 is 5.60 Å². The smallest absolute Gasteiger partial charge is 0.125 e. The van der Waals surface area contributed by atoms with E-state index in [0.29, 0.717) is 5.92 Å². The standard InChI is InChI=1S/C20H21FN2O/c1-19(24)8-7-15-9-18-13(11-20(15,19)14-5-6-14)12-22-23(18)17-4-2-3-16(21)10-17/h2-4,9-10,12,14,24H,5-8,11H2,1H3. The lowest BCUT2D eigenvalue weighted by atomic mass is 9.63. The number of hydrogen-bond donors (Lipinski definition) is 1. The van der Waals surface area contributed by atoms with E-state index in [4.69, 9.17) is 0 Å². The van der Waals surface area contributed by atoms with Gasteiger partial charge in [-0.15, -0.1) is 0 Å². The Hall–Kier alpha value is -1.94. The van der Waals surface area contributed by atoms with Crippen molar-refractivity contribution in [1.29, 1.82) is 0 Å². The summed E-state index contributed by atoms with van der Waals surface area (Å²) in [7, 11) is 0. The summed E-state index contributed by atoms with van der Waals surface area (Å²) >= 11 is 0. The van der Waals surface area contributed by atoms with Crippen molar-refractivity contribution in [1.82, 2.24) is 9.78 Å². The highest BCUT2D eigenvalue weighted by molar-refractivity contribution is 5.63. The van der Waals surface area contributed by atoms with Gasteiger partial charge in [-0.3, -0.25) is 0 Å². The zero-order chi connectivity index (χ0) is 16.5. The van der Waals surface area contributed by atoms with Crippen molar-refractivity contribution in [3.8, 4) is 5.69 Å². The minimum atomic E-state index is -0.640. The topological polar surface area (TPSA) is 38.1 Å². The predicted molar refractivity (Wildman–Crippen MR) is 90.2 cm³/mol. The van der Waals surface area contributed by atoms with Gasteiger partial charge in [-0.1, -0.05) is 11.6 Å². The summed E-state index contributed by atoms with van der Waals surface area (Å²) in [5, 5.41) is 15.6. The third-order valence-corrected chi connectivity index (χ3v) is 6.41. The van der Waals surface area contributed by atoms with Crippen LogP contribution in [0.1, 0.15) is 43.9 Å². The summed E-state index contributed by atoms with van der Waals surface area (Å²) in [5.41, 5.74) is 3.56. The maximum atomic E-state index is 13.6. The van der Waals surface area contributed by atoms with Crippen molar-refractivity contribution in [2.45, 2.75) is 44.6 Å². The molecule has 3 aliphatic rings. The van der Waals surface area contributed by atoms with E-state index in [1.807, 2.05) is 23.9 Å². The molecule has 0 aliphatic heterocycles. The number of hydrogen-bond acceptors (Lipinski definition) is 2. The van der Waals surface area contributed by atoms with Gasteiger partial charge in [-0.2, -0.15) is 5.10 Å². The zero-order valence-electron chi connectivity index (χ0n) is 13.8. The first kappa shape index (κ1) is 14.4. The van der Waals surface area contributed by atoms with Gasteiger partial charge in [0.2, 0.25) is 0 Å². The molecule has 0 amide bonds. The molecular weight excluding hydrogens is 303 g/mol. The fourth-order valence-corrected chi connectivity index (χ4v) is 5.06. The van der Waals surface area contributed by atoms with Gasteiger partial charge in [0.25, 0.3) is 0 Å². The van der Waals surface area contributed by atoms with Gasteiger partial charge in [-0.05, 0) is 74.8 Å². The van der Waals surface area contributed by atoms with Crippen molar-refractivity contribution in [3.05, 3.63) is 53.1 Å². The summed E-state index contributed by atoms with van der Waals surface area (Å²) < 4.78 is 15.4. The predicted octanol–water partition coefficient (Wildman–Crippen LogP) is 3.89. The van der Waals surface area contributed by atoms with Crippen LogP contribution in [-0.2, 0) is 6.42 Å². The van der Waals surface area contributed by atoms with Gasteiger partial charge in [0.1, 0.15) is 5.82 Å². The summed E-state index contributed by atoms with van der Waals surface area (Å²) in [4.78, 5) is 0. The van der Waals surface area contributed by atoms with E-state index in [1.54, 1.807) is 6.07 Å². The Morgan fingerprint density at radius 1 is 1.33 bits per heavy atom. The molecule has 24 heavy (non-hydrogen) atoms. The van der Waals surface area contributed by atoms with Crippen LogP contribution in [0.25, 0.3) is 11.8 Å². The molecule has 1 heterocycles. The fraction of sp³-hybridized carbons (Fsp3) is 0.450. The molecule has 3 aliphatic carbocycles. The number of aliphatic hydroxyl groups is 1. The molecule has 0 spiro atoms. The Bertz CT molecular complexity index is 862. The maximum Gasteiger partial charge on any atom is 0.125 e. The molecule has 1 aromatic heterocycles. The summed E-state index contributed by atoms with van der Waals surface area (Å²) in [6, 6.07) is 6.55. The second kappa shape index (κ2) is 4.57. The van der Waals surface area contributed by atoms with Crippen LogP contribution in [0.15, 0.2) is 36.0 Å². The lowest BCUT2D eigenvalue weighted by Gasteiger charge is -2.43. The van der Waals surface area contributed by atoms with E-state index in [1.165, 1.54) is 30.5 Å². The first-order chi connectivity index (χ1) is 11.5. The highest BCUT2D eigenvalue weighted by atomic mass is 19.1. The lowest BCUT2D eigenvalue weighted by molar-refractivity contribution is -0.0436.